The van der Waals surface area contributed by atoms with E-state index >= 15 is 0 Å². The zero-order valence-corrected chi connectivity index (χ0v) is 19.6. The summed E-state index contributed by atoms with van der Waals surface area (Å²) in [4.78, 5) is 16.2. The van der Waals surface area contributed by atoms with Crippen molar-refractivity contribution in [3.05, 3.63) is 91.2 Å². The summed E-state index contributed by atoms with van der Waals surface area (Å²) >= 11 is 13.3. The van der Waals surface area contributed by atoms with E-state index < -0.39 is 14.9 Å². The van der Waals surface area contributed by atoms with E-state index in [0.29, 0.717) is 10.8 Å². The average molecular weight is 528 g/mol. The van der Waals surface area contributed by atoms with E-state index in [4.69, 9.17) is 33.9 Å². The van der Waals surface area contributed by atoms with E-state index in [1.165, 1.54) is 36.2 Å². The quantitative estimate of drug-likeness (QED) is 0.156. The highest BCUT2D eigenvalue weighted by Crippen LogP contribution is 2.39. The van der Waals surface area contributed by atoms with Gasteiger partial charge in [-0.3, -0.25) is 14.8 Å². The molecule has 2 aliphatic rings. The molecule has 2 aliphatic heterocycles. The van der Waals surface area contributed by atoms with Crippen LogP contribution in [0.25, 0.3) is 0 Å². The summed E-state index contributed by atoms with van der Waals surface area (Å²) in [6.07, 6.45) is 3.92. The Hall–Kier alpha value is -2.90. The summed E-state index contributed by atoms with van der Waals surface area (Å²) in [5.74, 6) is 0.363. The first-order chi connectivity index (χ1) is 15.7. The molecule has 0 bridgehead atoms. The third-order valence-corrected chi connectivity index (χ3v) is 7.73. The smallest absolute Gasteiger partial charge is 0.285 e. The Balaban J connectivity index is 1.63. The van der Waals surface area contributed by atoms with Gasteiger partial charge >= 0.3 is 0 Å². The molecule has 4 N–H and O–H groups in total. The number of benzene rings is 2. The normalized spacial score (nSPS) is 15.2. The molecule has 10 nitrogen and oxygen atoms in total. The molecule has 0 radical (unpaired) electrons. The van der Waals surface area contributed by atoms with Crippen molar-refractivity contribution in [1.82, 2.24) is 10.5 Å². The Morgan fingerprint density at radius 2 is 2.00 bits per heavy atom. The fraction of sp³-hybridized carbons (Fsp3) is 0.0526. The van der Waals surface area contributed by atoms with Crippen LogP contribution in [0.15, 0.2) is 75.4 Å². The number of thioether (sulfide) groups is 1. The van der Waals surface area contributed by atoms with E-state index in [-0.39, 0.29) is 37.7 Å². The number of nitrogens with two attached hydrogens (primary N) is 1. The molecule has 0 atom stereocenters. The van der Waals surface area contributed by atoms with Crippen LogP contribution in [0.2, 0.25) is 5.02 Å². The fourth-order valence-electron chi connectivity index (χ4n) is 3.00. The molecule has 0 aliphatic carbocycles. The average Bonchev–Trinajstić information content (AvgIpc) is 3.25. The molecule has 33 heavy (non-hydrogen) atoms. The predicted octanol–water partition coefficient (Wildman–Crippen LogP) is 4.44. The van der Waals surface area contributed by atoms with Gasteiger partial charge in [0.2, 0.25) is 0 Å². The molecule has 0 fully saturated rings. The predicted molar refractivity (Wildman–Crippen MR) is 127 cm³/mol. The summed E-state index contributed by atoms with van der Waals surface area (Å²) in [7, 11) is -4.20. The van der Waals surface area contributed by atoms with Gasteiger partial charge in [0.25, 0.3) is 15.7 Å². The minimum atomic E-state index is -4.20. The topological polar surface area (TPSA) is 140 Å². The molecule has 0 spiro atoms. The largest absolute Gasteiger partial charge is 0.397 e. The van der Waals surface area contributed by atoms with E-state index in [1.54, 1.807) is 12.1 Å². The lowest BCUT2D eigenvalue weighted by Gasteiger charge is -2.23. The summed E-state index contributed by atoms with van der Waals surface area (Å²) in [6, 6.07) is 9.57. The summed E-state index contributed by atoms with van der Waals surface area (Å²) in [6.45, 7) is 0. The lowest BCUT2D eigenvalue weighted by Crippen LogP contribution is -2.26. The number of fused-ring (bicyclic) bond motifs is 1. The van der Waals surface area contributed by atoms with Crippen molar-refractivity contribution >= 4 is 62.0 Å². The third-order valence-electron chi connectivity index (χ3n) is 4.58. The number of nitrogens with zero attached hydrogens (tertiary/aromatic N) is 2. The molecule has 14 heteroatoms. The molecule has 0 amide bonds. The molecule has 0 saturated heterocycles. The number of nitro groups is 1. The van der Waals surface area contributed by atoms with Crippen LogP contribution in [-0.2, 0) is 20.7 Å². The minimum absolute atomic E-state index is 0.0162. The van der Waals surface area contributed by atoms with Gasteiger partial charge in [0, 0.05) is 16.8 Å². The number of nitro benzene ring substituents is 1. The third kappa shape index (κ3) is 4.75. The molecule has 2 aromatic rings. The Morgan fingerprint density at radius 3 is 2.73 bits per heavy atom. The highest BCUT2D eigenvalue weighted by Gasteiger charge is 2.34. The lowest BCUT2D eigenvalue weighted by molar-refractivity contribution is -0.387. The van der Waals surface area contributed by atoms with Gasteiger partial charge in [-0.05, 0) is 29.8 Å². The molecular formula is C19H15Cl2N5O5S2. The number of halogens is 2. The van der Waals surface area contributed by atoms with Crippen LogP contribution in [0.1, 0.15) is 5.56 Å². The molecule has 172 valence electrons. The molecule has 2 aromatic carbocycles. The monoisotopic (exact) mass is 527 g/mol. The number of sulfonamides is 1. The number of hydrogen-bond donors (Lipinski definition) is 3. The number of anilines is 2. The molecule has 0 saturated carbocycles. The van der Waals surface area contributed by atoms with Gasteiger partial charge in [-0.2, -0.15) is 10.0 Å². The molecular weight excluding hydrogens is 513 g/mol. The SMILES string of the molecule is Nc1cc(SCc2ccccc2Cl)c([N+](=O)[O-])cc1NS(=O)(=O)C1=CC=C(Cl)N2ONC=C12. The summed E-state index contributed by atoms with van der Waals surface area (Å²) in [5, 5.41) is 13.4. The maximum atomic E-state index is 13.0. The maximum absolute atomic E-state index is 13.0. The Morgan fingerprint density at radius 1 is 1.24 bits per heavy atom. The van der Waals surface area contributed by atoms with Crippen LogP contribution in [0.3, 0.4) is 0 Å². The minimum Gasteiger partial charge on any atom is -0.397 e. The molecule has 0 unspecified atom stereocenters. The van der Waals surface area contributed by atoms with Crippen LogP contribution in [-0.4, -0.2) is 18.4 Å². The van der Waals surface area contributed by atoms with Gasteiger partial charge in [0.05, 0.1) is 27.4 Å². The number of nitrogens with one attached hydrogen (secondary N) is 2. The number of rotatable bonds is 7. The van der Waals surface area contributed by atoms with Crippen molar-refractivity contribution in [3.8, 4) is 0 Å². The highest BCUT2D eigenvalue weighted by molar-refractivity contribution is 7.98. The number of allylic oxidation sites excluding steroid dienone is 2. The van der Waals surface area contributed by atoms with Gasteiger partial charge in [-0.25, -0.2) is 13.9 Å². The number of hydroxylamine groups is 3. The van der Waals surface area contributed by atoms with Gasteiger partial charge in [-0.1, -0.05) is 41.4 Å². The Bertz CT molecular complexity index is 1340. The first kappa shape index (κ1) is 23.3. The molecule has 4 rings (SSSR count). The van der Waals surface area contributed by atoms with Crippen molar-refractivity contribution in [2.45, 2.75) is 10.6 Å². The Kier molecular flexibility index (Phi) is 6.45. The zero-order chi connectivity index (χ0) is 23.8. The van der Waals surface area contributed by atoms with Crippen LogP contribution in [0.4, 0.5) is 17.1 Å². The first-order valence-corrected chi connectivity index (χ1v) is 12.4. The van der Waals surface area contributed by atoms with E-state index in [9.17, 15) is 18.5 Å². The molecule has 2 heterocycles. The van der Waals surface area contributed by atoms with Crippen LogP contribution < -0.4 is 15.9 Å². The number of hydrogen-bond acceptors (Lipinski definition) is 9. The molecule has 0 aromatic heterocycles. The van der Waals surface area contributed by atoms with Crippen LogP contribution >= 0.6 is 35.0 Å². The zero-order valence-electron chi connectivity index (χ0n) is 16.5. The van der Waals surface area contributed by atoms with E-state index in [2.05, 4.69) is 10.2 Å². The summed E-state index contributed by atoms with van der Waals surface area (Å²) < 4.78 is 28.4. The highest BCUT2D eigenvalue weighted by atomic mass is 35.5. The second-order valence-electron chi connectivity index (χ2n) is 6.70. The fourth-order valence-corrected chi connectivity index (χ4v) is 5.76. The van der Waals surface area contributed by atoms with Crippen LogP contribution in [0, 0.1) is 10.1 Å². The van der Waals surface area contributed by atoms with Gasteiger partial charge in [-0.15, -0.1) is 11.8 Å². The van der Waals surface area contributed by atoms with Crippen LogP contribution in [0.5, 0.6) is 0 Å². The Labute approximate surface area is 202 Å². The second kappa shape index (κ2) is 9.15. The van der Waals surface area contributed by atoms with Crippen molar-refractivity contribution in [2.24, 2.45) is 0 Å². The second-order valence-corrected chi connectivity index (χ2v) is 10.2. The van der Waals surface area contributed by atoms with Crippen molar-refractivity contribution < 1.29 is 18.3 Å². The van der Waals surface area contributed by atoms with Crippen molar-refractivity contribution in [2.75, 3.05) is 10.5 Å². The number of nitrogen functional groups attached to an aromatic ring is 1. The maximum Gasteiger partial charge on any atom is 0.285 e. The van der Waals surface area contributed by atoms with Gasteiger partial charge < -0.3 is 5.73 Å². The first-order valence-electron chi connectivity index (χ1n) is 9.15. The van der Waals surface area contributed by atoms with Crippen molar-refractivity contribution in [1.29, 1.82) is 0 Å². The van der Waals surface area contributed by atoms with E-state index in [1.807, 2.05) is 12.1 Å². The van der Waals surface area contributed by atoms with Gasteiger partial charge in [0.15, 0.2) is 0 Å². The van der Waals surface area contributed by atoms with Crippen molar-refractivity contribution in [3.63, 3.8) is 0 Å². The van der Waals surface area contributed by atoms with Gasteiger partial charge in [0.1, 0.15) is 15.8 Å². The standard InChI is InChI=1S/C19H15Cl2N5O5S2/c20-12-4-2-1-3-11(12)10-32-17-7-13(22)14(8-15(17)26(27)28)24-33(29,30)18-5-6-19(21)25-16(18)9-23-31-25/h1-9,23-24H,10,22H2. The van der Waals surface area contributed by atoms with E-state index in [0.717, 1.165) is 16.7 Å². The lowest BCUT2D eigenvalue weighted by atomic mass is 10.2. The summed E-state index contributed by atoms with van der Waals surface area (Å²) in [5.41, 5.74) is 8.98.